The summed E-state index contributed by atoms with van der Waals surface area (Å²) >= 11 is 0. The monoisotopic (exact) mass is 407 g/mol. The third-order valence-corrected chi connectivity index (χ3v) is 5.52. The molecule has 1 aromatic heterocycles. The van der Waals surface area contributed by atoms with Crippen LogP contribution in [0.5, 0.6) is 11.5 Å². The van der Waals surface area contributed by atoms with Gasteiger partial charge in [-0.2, -0.15) is 4.98 Å². The van der Waals surface area contributed by atoms with Crippen molar-refractivity contribution in [1.82, 2.24) is 15.0 Å². The minimum atomic E-state index is -0.0515. The minimum absolute atomic E-state index is 0.0515. The first-order chi connectivity index (χ1) is 14.6. The highest BCUT2D eigenvalue weighted by atomic mass is 16.5. The van der Waals surface area contributed by atoms with Crippen LogP contribution in [0.25, 0.3) is 11.5 Å². The molecule has 4 rings (SSSR count). The number of ether oxygens (including phenoxy) is 2. The van der Waals surface area contributed by atoms with E-state index >= 15 is 0 Å². The van der Waals surface area contributed by atoms with E-state index in [1.165, 1.54) is 0 Å². The summed E-state index contributed by atoms with van der Waals surface area (Å²) in [6, 6.07) is 13.7. The molecule has 1 atom stereocenters. The second-order valence-corrected chi connectivity index (χ2v) is 7.45. The van der Waals surface area contributed by atoms with Crippen LogP contribution >= 0.6 is 0 Å². The number of aromatic nitrogens is 2. The SMILES string of the molecule is COc1ccc(CCN2CC(c3noc(-c4ccccc4C)n3)CC2=O)cc1OC. The lowest BCUT2D eigenvalue weighted by Crippen LogP contribution is -2.27. The molecule has 1 fully saturated rings. The molecule has 3 aromatic rings. The number of nitrogens with zero attached hydrogens (tertiary/aromatic N) is 3. The molecule has 156 valence electrons. The van der Waals surface area contributed by atoms with E-state index < -0.39 is 0 Å². The van der Waals surface area contributed by atoms with Gasteiger partial charge in [0, 0.05) is 31.0 Å². The maximum Gasteiger partial charge on any atom is 0.258 e. The molecule has 7 heteroatoms. The molecule has 0 bridgehead atoms. The smallest absolute Gasteiger partial charge is 0.258 e. The van der Waals surface area contributed by atoms with Crippen LogP contribution in [0.15, 0.2) is 47.0 Å². The largest absolute Gasteiger partial charge is 0.493 e. The summed E-state index contributed by atoms with van der Waals surface area (Å²) in [6.45, 7) is 3.24. The van der Waals surface area contributed by atoms with Crippen LogP contribution in [-0.2, 0) is 11.2 Å². The van der Waals surface area contributed by atoms with Crippen molar-refractivity contribution in [2.75, 3.05) is 27.3 Å². The Balaban J connectivity index is 1.41. The fraction of sp³-hybridized carbons (Fsp3) is 0.348. The van der Waals surface area contributed by atoms with E-state index in [2.05, 4.69) is 10.1 Å². The normalized spacial score (nSPS) is 16.2. The van der Waals surface area contributed by atoms with E-state index in [1.54, 1.807) is 14.2 Å². The zero-order valence-electron chi connectivity index (χ0n) is 17.4. The van der Waals surface area contributed by atoms with Crippen molar-refractivity contribution >= 4 is 5.91 Å². The number of carbonyl (C=O) groups excluding carboxylic acids is 1. The number of hydrogen-bond donors (Lipinski definition) is 0. The Labute approximate surface area is 175 Å². The lowest BCUT2D eigenvalue weighted by molar-refractivity contribution is -0.127. The average Bonchev–Trinajstić information content (AvgIpc) is 3.39. The van der Waals surface area contributed by atoms with Crippen molar-refractivity contribution in [1.29, 1.82) is 0 Å². The quantitative estimate of drug-likeness (QED) is 0.595. The first-order valence-electron chi connectivity index (χ1n) is 9.97. The van der Waals surface area contributed by atoms with Crippen molar-refractivity contribution in [3.8, 4) is 23.0 Å². The third kappa shape index (κ3) is 4.01. The van der Waals surface area contributed by atoms with E-state index in [1.807, 2.05) is 54.3 Å². The Bertz CT molecular complexity index is 1050. The standard InChI is InChI=1S/C23H25N3O4/c1-15-6-4-5-7-18(15)23-24-22(25-30-23)17-13-21(27)26(14-17)11-10-16-8-9-19(28-2)20(12-16)29-3/h4-9,12,17H,10-11,13-14H2,1-3H3. The van der Waals surface area contributed by atoms with Crippen LogP contribution < -0.4 is 9.47 Å². The number of hydrogen-bond acceptors (Lipinski definition) is 6. The molecule has 30 heavy (non-hydrogen) atoms. The molecule has 1 aliphatic heterocycles. The van der Waals surface area contributed by atoms with Crippen molar-refractivity contribution in [3.63, 3.8) is 0 Å². The van der Waals surface area contributed by atoms with Gasteiger partial charge < -0.3 is 18.9 Å². The Hall–Kier alpha value is -3.35. The van der Waals surface area contributed by atoms with Crippen LogP contribution in [0.1, 0.15) is 29.3 Å². The number of rotatable bonds is 7. The summed E-state index contributed by atoms with van der Waals surface area (Å²) in [7, 11) is 3.23. The molecule has 0 aliphatic carbocycles. The molecule has 2 heterocycles. The Morgan fingerprint density at radius 2 is 1.93 bits per heavy atom. The third-order valence-electron chi connectivity index (χ3n) is 5.52. The number of carbonyl (C=O) groups is 1. The molecule has 0 spiro atoms. The molecule has 1 saturated heterocycles. The Morgan fingerprint density at radius 3 is 2.70 bits per heavy atom. The number of aryl methyl sites for hydroxylation is 1. The highest BCUT2D eigenvalue weighted by molar-refractivity contribution is 5.79. The van der Waals surface area contributed by atoms with Gasteiger partial charge in [-0.15, -0.1) is 0 Å². The van der Waals surface area contributed by atoms with Crippen molar-refractivity contribution < 1.29 is 18.8 Å². The molecular weight excluding hydrogens is 382 g/mol. The molecule has 2 aromatic carbocycles. The van der Waals surface area contributed by atoms with Crippen molar-refractivity contribution in [2.45, 2.75) is 25.7 Å². The number of amides is 1. The summed E-state index contributed by atoms with van der Waals surface area (Å²) in [6.07, 6.45) is 1.14. The molecule has 0 saturated carbocycles. The van der Waals surface area contributed by atoms with Crippen LogP contribution in [0, 0.1) is 6.92 Å². The molecule has 0 radical (unpaired) electrons. The summed E-state index contributed by atoms with van der Waals surface area (Å²) < 4.78 is 16.1. The molecule has 0 N–H and O–H groups in total. The van der Waals surface area contributed by atoms with Gasteiger partial charge in [-0.05, 0) is 42.7 Å². The fourth-order valence-corrected chi connectivity index (χ4v) is 3.78. The number of methoxy groups -OCH3 is 2. The van der Waals surface area contributed by atoms with Gasteiger partial charge in [-0.1, -0.05) is 29.4 Å². The van der Waals surface area contributed by atoms with E-state index in [-0.39, 0.29) is 11.8 Å². The van der Waals surface area contributed by atoms with Gasteiger partial charge in [0.1, 0.15) is 0 Å². The lowest BCUT2D eigenvalue weighted by Gasteiger charge is -2.16. The van der Waals surface area contributed by atoms with E-state index in [0.717, 1.165) is 23.1 Å². The summed E-state index contributed by atoms with van der Waals surface area (Å²) in [5, 5.41) is 4.15. The van der Waals surface area contributed by atoms with Gasteiger partial charge >= 0.3 is 0 Å². The molecule has 1 aliphatic rings. The van der Waals surface area contributed by atoms with Crippen LogP contribution in [0.2, 0.25) is 0 Å². The summed E-state index contributed by atoms with van der Waals surface area (Å²) in [5.74, 6) is 2.54. The highest BCUT2D eigenvalue weighted by Crippen LogP contribution is 2.30. The summed E-state index contributed by atoms with van der Waals surface area (Å²) in [4.78, 5) is 19.0. The summed E-state index contributed by atoms with van der Waals surface area (Å²) in [5.41, 5.74) is 3.09. The Morgan fingerprint density at radius 1 is 1.13 bits per heavy atom. The zero-order valence-corrected chi connectivity index (χ0v) is 17.4. The van der Waals surface area contributed by atoms with Crippen LogP contribution in [0.4, 0.5) is 0 Å². The minimum Gasteiger partial charge on any atom is -0.493 e. The van der Waals surface area contributed by atoms with Crippen molar-refractivity contribution in [3.05, 3.63) is 59.4 Å². The maximum absolute atomic E-state index is 12.5. The first-order valence-corrected chi connectivity index (χ1v) is 9.97. The van der Waals surface area contributed by atoms with Crippen LogP contribution in [0.3, 0.4) is 0 Å². The van der Waals surface area contributed by atoms with E-state index in [9.17, 15) is 4.79 Å². The van der Waals surface area contributed by atoms with E-state index in [4.69, 9.17) is 14.0 Å². The second-order valence-electron chi connectivity index (χ2n) is 7.45. The van der Waals surface area contributed by atoms with Gasteiger partial charge in [0.15, 0.2) is 17.3 Å². The predicted octanol–water partition coefficient (Wildman–Crippen LogP) is 3.62. The second kappa shape index (κ2) is 8.57. The predicted molar refractivity (Wildman–Crippen MR) is 112 cm³/mol. The Kier molecular flexibility index (Phi) is 5.70. The number of likely N-dealkylation sites (tertiary alicyclic amines) is 1. The lowest BCUT2D eigenvalue weighted by atomic mass is 10.1. The fourth-order valence-electron chi connectivity index (χ4n) is 3.78. The van der Waals surface area contributed by atoms with Crippen molar-refractivity contribution in [2.24, 2.45) is 0 Å². The number of benzene rings is 2. The van der Waals surface area contributed by atoms with Gasteiger partial charge in [0.2, 0.25) is 5.91 Å². The first kappa shape index (κ1) is 19.9. The van der Waals surface area contributed by atoms with Gasteiger partial charge in [-0.3, -0.25) is 4.79 Å². The average molecular weight is 407 g/mol. The van der Waals surface area contributed by atoms with Gasteiger partial charge in [0.25, 0.3) is 5.89 Å². The van der Waals surface area contributed by atoms with Crippen LogP contribution in [-0.4, -0.2) is 48.3 Å². The topological polar surface area (TPSA) is 77.7 Å². The highest BCUT2D eigenvalue weighted by Gasteiger charge is 2.33. The van der Waals surface area contributed by atoms with E-state index in [0.29, 0.717) is 42.7 Å². The zero-order chi connectivity index (χ0) is 21.1. The molecular formula is C23H25N3O4. The molecule has 1 amide bonds. The maximum atomic E-state index is 12.5. The van der Waals surface area contributed by atoms with Gasteiger partial charge in [-0.25, -0.2) is 0 Å². The molecule has 1 unspecified atom stereocenters. The molecule has 7 nitrogen and oxygen atoms in total. The van der Waals surface area contributed by atoms with Gasteiger partial charge in [0.05, 0.1) is 14.2 Å².